The van der Waals surface area contributed by atoms with Crippen LogP contribution in [0.5, 0.6) is 0 Å². The Labute approximate surface area is 201 Å². The van der Waals surface area contributed by atoms with Crippen LogP contribution >= 0.6 is 12.2 Å². The maximum Gasteiger partial charge on any atom is 0.170 e. The number of hydrogen-bond donors (Lipinski definition) is 1. The van der Waals surface area contributed by atoms with Crippen LogP contribution in [0.3, 0.4) is 0 Å². The molecule has 6 heteroatoms. The highest BCUT2D eigenvalue weighted by molar-refractivity contribution is 7.80. The van der Waals surface area contributed by atoms with Crippen LogP contribution in [-0.4, -0.2) is 38.8 Å². The number of pyridine rings is 1. The molecule has 2 fully saturated rings. The summed E-state index contributed by atoms with van der Waals surface area (Å²) in [6, 6.07) is 15.2. The van der Waals surface area contributed by atoms with Crippen molar-refractivity contribution in [2.45, 2.75) is 58.7 Å². The minimum Gasteiger partial charge on any atom is -0.376 e. The zero-order chi connectivity index (χ0) is 23.1. The molecule has 2 aromatic heterocycles. The number of benzene rings is 1. The van der Waals surface area contributed by atoms with Crippen LogP contribution in [0.1, 0.15) is 58.7 Å². The number of thiocarbonyl (C=S) groups is 1. The lowest BCUT2D eigenvalue weighted by Crippen LogP contribution is -2.36. The highest BCUT2D eigenvalue weighted by Crippen LogP contribution is 2.42. The van der Waals surface area contributed by atoms with Gasteiger partial charge in [-0.05, 0) is 99.8 Å². The maximum absolute atomic E-state index is 5.99. The van der Waals surface area contributed by atoms with Gasteiger partial charge in [0.05, 0.1) is 23.9 Å². The van der Waals surface area contributed by atoms with Crippen molar-refractivity contribution < 1.29 is 4.74 Å². The van der Waals surface area contributed by atoms with Gasteiger partial charge in [0.2, 0.25) is 0 Å². The second-order valence-corrected chi connectivity index (χ2v) is 9.81. The smallest absolute Gasteiger partial charge is 0.170 e. The number of hydrogen-bond acceptors (Lipinski definition) is 3. The van der Waals surface area contributed by atoms with E-state index in [0.717, 1.165) is 36.8 Å². The first-order chi connectivity index (χ1) is 15.9. The van der Waals surface area contributed by atoms with Crippen molar-refractivity contribution in [1.82, 2.24) is 19.8 Å². The molecule has 2 aliphatic rings. The Morgan fingerprint density at radius 2 is 1.88 bits per heavy atom. The number of ether oxygens (including phenoxy) is 1. The van der Waals surface area contributed by atoms with Crippen LogP contribution in [0.15, 0.2) is 48.7 Å². The topological polar surface area (TPSA) is 42.3 Å². The molecular weight excluding hydrogens is 428 g/mol. The van der Waals surface area contributed by atoms with Gasteiger partial charge in [-0.1, -0.05) is 12.1 Å². The Morgan fingerprint density at radius 1 is 1.09 bits per heavy atom. The molecule has 3 atom stereocenters. The highest BCUT2D eigenvalue weighted by atomic mass is 32.1. The summed E-state index contributed by atoms with van der Waals surface area (Å²) in [7, 11) is 0. The van der Waals surface area contributed by atoms with Crippen LogP contribution in [0.25, 0.3) is 5.69 Å². The molecule has 0 spiro atoms. The molecule has 172 valence electrons. The monoisotopic (exact) mass is 460 g/mol. The molecule has 33 heavy (non-hydrogen) atoms. The molecule has 0 aliphatic carbocycles. The van der Waals surface area contributed by atoms with Gasteiger partial charge >= 0.3 is 0 Å². The van der Waals surface area contributed by atoms with Gasteiger partial charge in [-0.3, -0.25) is 4.98 Å². The average molecular weight is 461 g/mol. The van der Waals surface area contributed by atoms with Crippen molar-refractivity contribution in [1.29, 1.82) is 0 Å². The molecular formula is C27H32N4OS. The number of aryl methyl sites for hydroxylation is 3. The summed E-state index contributed by atoms with van der Waals surface area (Å²) >= 11 is 5.86. The van der Waals surface area contributed by atoms with E-state index >= 15 is 0 Å². The van der Waals surface area contributed by atoms with E-state index in [9.17, 15) is 0 Å². The second kappa shape index (κ2) is 8.92. The Morgan fingerprint density at radius 3 is 2.55 bits per heavy atom. The Bertz CT molecular complexity index is 1150. The molecule has 5 rings (SSSR count). The zero-order valence-corrected chi connectivity index (χ0v) is 20.7. The predicted molar refractivity (Wildman–Crippen MR) is 136 cm³/mol. The molecule has 1 aromatic carbocycles. The van der Waals surface area contributed by atoms with Crippen LogP contribution in [0.4, 0.5) is 0 Å². The molecule has 0 bridgehead atoms. The molecule has 2 saturated heterocycles. The first-order valence-corrected chi connectivity index (χ1v) is 12.2. The fourth-order valence-corrected chi connectivity index (χ4v) is 5.83. The quantitative estimate of drug-likeness (QED) is 0.526. The largest absolute Gasteiger partial charge is 0.376 e. The van der Waals surface area contributed by atoms with Crippen LogP contribution in [-0.2, 0) is 4.74 Å². The third-order valence-electron chi connectivity index (χ3n) is 6.88. The normalized spacial score (nSPS) is 22.7. The van der Waals surface area contributed by atoms with E-state index in [0.29, 0.717) is 0 Å². The van der Waals surface area contributed by atoms with E-state index in [1.54, 1.807) is 0 Å². The highest BCUT2D eigenvalue weighted by Gasteiger charge is 2.42. The molecule has 0 radical (unpaired) electrons. The summed E-state index contributed by atoms with van der Waals surface area (Å²) in [4.78, 5) is 7.02. The summed E-state index contributed by atoms with van der Waals surface area (Å²) in [6.07, 6.45) is 4.28. The van der Waals surface area contributed by atoms with Gasteiger partial charge in [0.25, 0.3) is 0 Å². The third kappa shape index (κ3) is 4.18. The molecule has 4 heterocycles. The molecule has 0 saturated carbocycles. The van der Waals surface area contributed by atoms with E-state index < -0.39 is 0 Å². The number of nitrogens with zero attached hydrogens (tertiary/aromatic N) is 3. The van der Waals surface area contributed by atoms with Crippen molar-refractivity contribution in [3.05, 3.63) is 82.4 Å². The SMILES string of the molecule is Cc1cc(C)cc(-n2c(C)cc([C@@H]3[C@@H](c4ccccn4)NC(=S)N3C[C@@H]3CCCO3)c2C)c1. The molecule has 5 nitrogen and oxygen atoms in total. The van der Waals surface area contributed by atoms with Crippen molar-refractivity contribution in [2.24, 2.45) is 0 Å². The van der Waals surface area contributed by atoms with E-state index in [1.807, 2.05) is 18.3 Å². The van der Waals surface area contributed by atoms with Gasteiger partial charge in [0.15, 0.2) is 5.11 Å². The van der Waals surface area contributed by atoms with Gasteiger partial charge in [0, 0.05) is 36.4 Å². The fraction of sp³-hybridized carbons (Fsp3) is 0.407. The summed E-state index contributed by atoms with van der Waals surface area (Å²) in [5, 5.41) is 4.37. The van der Waals surface area contributed by atoms with E-state index in [2.05, 4.69) is 72.8 Å². The minimum absolute atomic E-state index is 0.00620. The first kappa shape index (κ1) is 22.1. The van der Waals surface area contributed by atoms with Gasteiger partial charge < -0.3 is 19.5 Å². The molecule has 1 N–H and O–H groups in total. The predicted octanol–water partition coefficient (Wildman–Crippen LogP) is 5.26. The van der Waals surface area contributed by atoms with Gasteiger partial charge in [-0.15, -0.1) is 0 Å². The third-order valence-corrected chi connectivity index (χ3v) is 7.23. The van der Waals surface area contributed by atoms with E-state index in [1.165, 1.54) is 33.8 Å². The Balaban J connectivity index is 1.60. The summed E-state index contributed by atoms with van der Waals surface area (Å²) in [5.74, 6) is 0. The van der Waals surface area contributed by atoms with Crippen LogP contribution < -0.4 is 5.32 Å². The second-order valence-electron chi connectivity index (χ2n) is 9.42. The first-order valence-electron chi connectivity index (χ1n) is 11.8. The summed E-state index contributed by atoms with van der Waals surface area (Å²) < 4.78 is 8.36. The summed E-state index contributed by atoms with van der Waals surface area (Å²) in [5.41, 5.74) is 8.52. The minimum atomic E-state index is -0.00620. The average Bonchev–Trinajstić information content (AvgIpc) is 3.47. The molecule has 0 amide bonds. The van der Waals surface area contributed by atoms with Gasteiger partial charge in [0.1, 0.15) is 0 Å². The number of rotatable bonds is 5. The Kier molecular flexibility index (Phi) is 5.97. The van der Waals surface area contributed by atoms with Crippen molar-refractivity contribution in [3.8, 4) is 5.69 Å². The maximum atomic E-state index is 5.99. The molecule has 2 aliphatic heterocycles. The Hall–Kier alpha value is -2.70. The van der Waals surface area contributed by atoms with Crippen LogP contribution in [0, 0.1) is 27.7 Å². The number of aromatic nitrogens is 2. The standard InChI is InChI=1S/C27H32N4OS/c1-17-12-18(2)14-21(13-17)31-19(3)15-23(20(31)4)26-25(24-9-5-6-10-28-24)29-27(33)30(26)16-22-8-7-11-32-22/h5-6,9-10,12-15,22,25-26H,7-8,11,16H2,1-4H3,(H,29,33)/t22-,25+,26+/m0/s1. The fourth-order valence-electron chi connectivity index (χ4n) is 5.51. The van der Waals surface area contributed by atoms with Crippen molar-refractivity contribution >= 4 is 17.3 Å². The van der Waals surface area contributed by atoms with Crippen LogP contribution in [0.2, 0.25) is 0 Å². The number of nitrogens with one attached hydrogen (secondary N) is 1. The van der Waals surface area contributed by atoms with E-state index in [-0.39, 0.29) is 18.2 Å². The lowest BCUT2D eigenvalue weighted by molar-refractivity contribution is 0.0842. The van der Waals surface area contributed by atoms with Gasteiger partial charge in [-0.2, -0.15) is 0 Å². The van der Waals surface area contributed by atoms with Crippen molar-refractivity contribution in [2.75, 3.05) is 13.2 Å². The lowest BCUT2D eigenvalue weighted by Gasteiger charge is -2.30. The molecule has 3 aromatic rings. The molecule has 0 unspecified atom stereocenters. The summed E-state index contributed by atoms with van der Waals surface area (Å²) in [6.45, 7) is 10.4. The van der Waals surface area contributed by atoms with Crippen molar-refractivity contribution in [3.63, 3.8) is 0 Å². The zero-order valence-electron chi connectivity index (χ0n) is 19.8. The van der Waals surface area contributed by atoms with Gasteiger partial charge in [-0.25, -0.2) is 0 Å². The lowest BCUT2D eigenvalue weighted by atomic mass is 9.96. The van der Waals surface area contributed by atoms with E-state index in [4.69, 9.17) is 21.9 Å².